The van der Waals surface area contributed by atoms with Crippen molar-refractivity contribution in [3.63, 3.8) is 0 Å². The Balaban J connectivity index is 0.803. The van der Waals surface area contributed by atoms with Gasteiger partial charge in [0.25, 0.3) is 5.91 Å². The molecule has 4 aromatic rings. The number of nitrogens with one attached hydrogen (secondary N) is 1. The highest BCUT2D eigenvalue weighted by Crippen LogP contribution is 2.67. The molecule has 394 valence electrons. The lowest BCUT2D eigenvalue weighted by atomic mass is 9.91. The van der Waals surface area contributed by atoms with E-state index in [0.29, 0.717) is 44.3 Å². The third kappa shape index (κ3) is 13.8. The molecule has 3 aliphatic rings. The van der Waals surface area contributed by atoms with Gasteiger partial charge in [-0.25, -0.2) is 33.2 Å². The van der Waals surface area contributed by atoms with Crippen molar-refractivity contribution in [2.24, 2.45) is 0 Å². The fraction of sp³-hybridized carbons (Fsp3) is 0.422. The number of imidazole rings is 1. The molecule has 73 heavy (non-hydrogen) atoms. The highest BCUT2D eigenvalue weighted by atomic mass is 32.1. The van der Waals surface area contributed by atoms with Crippen LogP contribution in [0.15, 0.2) is 73.3 Å². The lowest BCUT2D eigenvalue weighted by molar-refractivity contribution is -0.121. The highest BCUT2D eigenvalue weighted by Gasteiger charge is 2.47. The number of fused-ring (bicyclic) bond motifs is 3. The summed E-state index contributed by atoms with van der Waals surface area (Å²) in [5.74, 6) is -0.317. The molecular formula is C45H59N9O15P3S+. The average molecular weight is 1090 g/mol. The topological polar surface area (TPSA) is 324 Å². The van der Waals surface area contributed by atoms with E-state index in [4.69, 9.17) is 15.0 Å². The Morgan fingerprint density at radius 3 is 2.33 bits per heavy atom. The zero-order chi connectivity index (χ0) is 52.8. The number of carbonyl (C=O) groups excluding carboxylic acids is 2. The lowest BCUT2D eigenvalue weighted by Gasteiger charge is -2.22. The molecule has 0 saturated carbocycles. The third-order valence-electron chi connectivity index (χ3n) is 11.9. The molecule has 2 amide bonds. The molecule has 1 fully saturated rings. The summed E-state index contributed by atoms with van der Waals surface area (Å²) in [7, 11) is -6.89. The number of amides is 2. The van der Waals surface area contributed by atoms with Crippen molar-refractivity contribution in [1.29, 1.82) is 0 Å². The standard InChI is InChI=1S/C45H58N9O15P3S/c1-51(2)28-16-18-32-35(23-28)73-36-24-29(52(3)4)17-19-33(36)38(32)30-13-8-9-14-31(30)44(58)53(5)21-12-15-37(55)47-20-10-6-7-11-22-65-70(59,60)68-72(63,64)69-71(61,62)66-25-34-40(56)41(57)45(67-34)54-27-50-39-42(46)48-26-49-43(39)54/h8-9,13-14,16-19,23-24,26-27,34,40-41,45,56-57H,6-7,10-12,15,20-22,25H2,1-5H3,(H5-,46,47,48,49,55,59,60,61,62,63,64)/p+1/t34-,40-,41-,45-/m1/s1. The Kier molecular flexibility index (Phi) is 18.0. The van der Waals surface area contributed by atoms with Crippen LogP contribution in [0.4, 0.5) is 11.5 Å². The Labute approximate surface area is 423 Å². The molecule has 1 saturated heterocycles. The normalized spacial score (nSPS) is 19.4. The number of phosphoric acid groups is 3. The third-order valence-corrected chi connectivity index (χ3v) is 17.3. The summed E-state index contributed by atoms with van der Waals surface area (Å²) in [5.41, 5.74) is 10.6. The van der Waals surface area contributed by atoms with Crippen molar-refractivity contribution < 1.29 is 70.6 Å². The SMILES string of the molecule is CN(CCCC(=O)NCCCCCCOP(=O)(O)OP(=O)(O)OP(=O)(O)OC[C@H]1O[C@@H](n2cnc3c(N)ncnc32)[C@H](O)[C@@H]1O)C(=O)c1ccccc1-c1c2ccc(=[N+](C)C)cc-2sc2cc(N(C)C)ccc12. The summed E-state index contributed by atoms with van der Waals surface area (Å²) in [5, 5.41) is 26.1. The van der Waals surface area contributed by atoms with Crippen LogP contribution in [0.1, 0.15) is 55.1 Å². The molecule has 2 aliphatic heterocycles. The minimum Gasteiger partial charge on any atom is -0.387 e. The zero-order valence-electron chi connectivity index (χ0n) is 40.6. The number of aliphatic hydroxyl groups excluding tert-OH is 2. The Morgan fingerprint density at radius 1 is 0.863 bits per heavy atom. The van der Waals surface area contributed by atoms with Crippen LogP contribution in [0.5, 0.6) is 0 Å². The number of carbonyl (C=O) groups is 2. The van der Waals surface area contributed by atoms with Crippen LogP contribution in [0, 0.1) is 0 Å². The zero-order valence-corrected chi connectivity index (χ0v) is 44.1. The van der Waals surface area contributed by atoms with E-state index in [9.17, 15) is 48.2 Å². The van der Waals surface area contributed by atoms with Gasteiger partial charge in [0, 0.05) is 84.6 Å². The van der Waals surface area contributed by atoms with Crippen LogP contribution in [0.3, 0.4) is 0 Å². The van der Waals surface area contributed by atoms with Crippen molar-refractivity contribution in [3.05, 3.63) is 84.2 Å². The number of nitrogens with zero attached hydrogens (tertiary/aromatic N) is 7. The fourth-order valence-corrected chi connectivity index (χ4v) is 12.8. The molecule has 7 atom stereocenters. The number of ether oxygens (including phenoxy) is 1. The van der Waals surface area contributed by atoms with E-state index < -0.39 is 61.2 Å². The number of rotatable bonds is 23. The van der Waals surface area contributed by atoms with Crippen molar-refractivity contribution in [2.75, 3.05) is 72.2 Å². The number of phosphoric ester groups is 2. The maximum absolute atomic E-state index is 14.1. The van der Waals surface area contributed by atoms with E-state index in [2.05, 4.69) is 79.3 Å². The van der Waals surface area contributed by atoms with E-state index in [-0.39, 0.29) is 41.6 Å². The quantitative estimate of drug-likeness (QED) is 0.0198. The smallest absolute Gasteiger partial charge is 0.387 e. The van der Waals surface area contributed by atoms with E-state index in [1.807, 2.05) is 52.5 Å². The van der Waals surface area contributed by atoms with Crippen LogP contribution in [-0.2, 0) is 40.9 Å². The Bertz CT molecular complexity index is 3160. The second-order valence-electron chi connectivity index (χ2n) is 17.6. The summed E-state index contributed by atoms with van der Waals surface area (Å²) in [4.78, 5) is 73.5. The molecule has 0 spiro atoms. The van der Waals surface area contributed by atoms with Crippen molar-refractivity contribution in [2.45, 2.75) is 63.1 Å². The number of aliphatic hydroxyl groups is 2. The molecule has 7 rings (SSSR count). The number of hydrogen-bond acceptors (Lipinski definition) is 18. The average Bonchev–Trinajstić information content (AvgIpc) is 3.89. The van der Waals surface area contributed by atoms with Gasteiger partial charge in [-0.3, -0.25) is 23.2 Å². The number of nitrogens with two attached hydrogens (primary N) is 1. The van der Waals surface area contributed by atoms with Crippen molar-refractivity contribution in [3.8, 4) is 21.6 Å². The van der Waals surface area contributed by atoms with Gasteiger partial charge >= 0.3 is 23.5 Å². The van der Waals surface area contributed by atoms with Gasteiger partial charge in [0.15, 0.2) is 17.7 Å². The number of unbranched alkanes of at least 4 members (excludes halogenated alkanes) is 3. The molecule has 8 N–H and O–H groups in total. The van der Waals surface area contributed by atoms with Gasteiger partial charge < -0.3 is 50.5 Å². The van der Waals surface area contributed by atoms with E-state index in [1.165, 1.54) is 10.9 Å². The van der Waals surface area contributed by atoms with Crippen LogP contribution in [0.25, 0.3) is 42.8 Å². The maximum atomic E-state index is 14.1. The van der Waals surface area contributed by atoms with Crippen LogP contribution >= 0.6 is 34.8 Å². The van der Waals surface area contributed by atoms with E-state index >= 15 is 0 Å². The second-order valence-corrected chi connectivity index (χ2v) is 23.3. The lowest BCUT2D eigenvalue weighted by Crippen LogP contribution is -2.33. The predicted octanol–water partition coefficient (Wildman–Crippen LogP) is 4.71. The molecule has 2 aromatic carbocycles. The molecule has 0 radical (unpaired) electrons. The molecule has 28 heteroatoms. The number of benzene rings is 3. The first-order valence-electron chi connectivity index (χ1n) is 23.0. The van der Waals surface area contributed by atoms with Crippen LogP contribution < -0.4 is 25.9 Å². The van der Waals surface area contributed by atoms with Crippen LogP contribution in [0.2, 0.25) is 0 Å². The number of hydrogen-bond donors (Lipinski definition) is 7. The number of aromatic nitrogens is 4. The first-order chi connectivity index (χ1) is 34.5. The van der Waals surface area contributed by atoms with Crippen LogP contribution in [-0.4, -0.2) is 141 Å². The largest absolute Gasteiger partial charge is 0.490 e. The molecule has 24 nitrogen and oxygen atoms in total. The van der Waals surface area contributed by atoms with Gasteiger partial charge in [-0.2, -0.15) is 8.62 Å². The first-order valence-corrected chi connectivity index (χ1v) is 28.3. The van der Waals surface area contributed by atoms with E-state index in [1.54, 1.807) is 23.3 Å². The first kappa shape index (κ1) is 55.7. The second kappa shape index (κ2) is 23.6. The summed E-state index contributed by atoms with van der Waals surface area (Å²) in [6.45, 7) is -0.691. The molecule has 4 heterocycles. The van der Waals surface area contributed by atoms with Gasteiger partial charge in [-0.05, 0) is 54.7 Å². The maximum Gasteiger partial charge on any atom is 0.490 e. The summed E-state index contributed by atoms with van der Waals surface area (Å²) >= 11 is 1.71. The van der Waals surface area contributed by atoms with Gasteiger partial charge in [-0.1, -0.05) is 37.1 Å². The summed E-state index contributed by atoms with van der Waals surface area (Å²) < 4.78 is 65.0. The molecular weight excluding hydrogens is 1030 g/mol. The minimum atomic E-state index is -5.79. The number of anilines is 2. The van der Waals surface area contributed by atoms with Gasteiger partial charge in [0.05, 0.1) is 19.5 Å². The van der Waals surface area contributed by atoms with E-state index in [0.717, 1.165) is 49.0 Å². The molecule has 1 aliphatic carbocycles. The van der Waals surface area contributed by atoms with Gasteiger partial charge in [0.2, 0.25) is 11.3 Å². The predicted molar refractivity (Wildman–Crippen MR) is 272 cm³/mol. The Hall–Kier alpha value is -5.07. The molecule has 0 bridgehead atoms. The Morgan fingerprint density at radius 2 is 1.59 bits per heavy atom. The van der Waals surface area contributed by atoms with Gasteiger partial charge in [0.1, 0.15) is 44.3 Å². The van der Waals surface area contributed by atoms with Gasteiger partial charge in [-0.15, -0.1) is 11.3 Å². The fourth-order valence-electron chi connectivity index (χ4n) is 8.11. The number of nitrogen functional groups attached to an aromatic ring is 1. The molecule has 3 unspecified atom stereocenters. The molecule has 2 aromatic heterocycles. The monoisotopic (exact) mass is 1090 g/mol. The van der Waals surface area contributed by atoms with Crippen molar-refractivity contribution >= 4 is 79.4 Å². The highest BCUT2D eigenvalue weighted by molar-refractivity contribution is 7.66. The van der Waals surface area contributed by atoms with Crippen molar-refractivity contribution in [1.82, 2.24) is 34.3 Å². The summed E-state index contributed by atoms with van der Waals surface area (Å²) in [6.07, 6.45) is -1.39. The minimum absolute atomic E-state index is 0.0345. The summed E-state index contributed by atoms with van der Waals surface area (Å²) in [6, 6.07) is 20.3.